The summed E-state index contributed by atoms with van der Waals surface area (Å²) in [6.45, 7) is 1.88. The van der Waals surface area contributed by atoms with Gasteiger partial charge in [0.25, 0.3) is 0 Å². The number of carbonyl (C=O) groups excluding carboxylic acids is 1. The fraction of sp³-hybridized carbons (Fsp3) is 0.0714. The van der Waals surface area contributed by atoms with Crippen LogP contribution in [0.1, 0.15) is 5.56 Å². The molecule has 0 radical (unpaired) electrons. The van der Waals surface area contributed by atoms with Crippen molar-refractivity contribution in [2.45, 2.75) is 6.92 Å². The molecule has 0 spiro atoms. The summed E-state index contributed by atoms with van der Waals surface area (Å²) in [5.41, 5.74) is 7.89. The summed E-state index contributed by atoms with van der Waals surface area (Å²) in [6.07, 6.45) is 0. The first-order valence-corrected chi connectivity index (χ1v) is 6.26. The molecule has 2 aromatic carbocycles. The van der Waals surface area contributed by atoms with Crippen molar-refractivity contribution in [1.82, 2.24) is 0 Å². The molecule has 0 aliphatic carbocycles. The summed E-state index contributed by atoms with van der Waals surface area (Å²) in [4.78, 5) is 11.8. The van der Waals surface area contributed by atoms with Gasteiger partial charge in [0.15, 0.2) is 0 Å². The number of nitrogen functional groups attached to an aromatic ring is 1. The van der Waals surface area contributed by atoms with E-state index in [9.17, 15) is 9.90 Å². The standard InChI is InChI=1S/C14H14ClN3O2/c1-8-2-3-9(6-11(8)15)17-14(20)18-13-5-4-10(19)7-12(13)16/h2-7,19H,16H2,1H3,(H2,17,18,20). The van der Waals surface area contributed by atoms with Gasteiger partial charge in [-0.1, -0.05) is 17.7 Å². The Morgan fingerprint density at radius 1 is 1.20 bits per heavy atom. The van der Waals surface area contributed by atoms with Gasteiger partial charge < -0.3 is 21.5 Å². The molecular formula is C14H14ClN3O2. The zero-order valence-corrected chi connectivity index (χ0v) is 11.5. The van der Waals surface area contributed by atoms with Crippen LogP contribution in [0.4, 0.5) is 21.9 Å². The van der Waals surface area contributed by atoms with Crippen molar-refractivity contribution >= 4 is 34.7 Å². The number of amides is 2. The molecular weight excluding hydrogens is 278 g/mol. The summed E-state index contributed by atoms with van der Waals surface area (Å²) in [5.74, 6) is 0.0405. The van der Waals surface area contributed by atoms with Gasteiger partial charge >= 0.3 is 6.03 Å². The number of rotatable bonds is 2. The number of aryl methyl sites for hydroxylation is 1. The van der Waals surface area contributed by atoms with Crippen LogP contribution in [0, 0.1) is 6.92 Å². The van der Waals surface area contributed by atoms with Crippen LogP contribution < -0.4 is 16.4 Å². The molecule has 0 aliphatic rings. The lowest BCUT2D eigenvalue weighted by molar-refractivity contribution is 0.262. The number of benzene rings is 2. The highest BCUT2D eigenvalue weighted by Crippen LogP contribution is 2.24. The number of hydrogen-bond acceptors (Lipinski definition) is 3. The Labute approximate surface area is 121 Å². The van der Waals surface area contributed by atoms with E-state index in [1.54, 1.807) is 12.1 Å². The molecule has 0 aromatic heterocycles. The van der Waals surface area contributed by atoms with Gasteiger partial charge in [-0.15, -0.1) is 0 Å². The first kappa shape index (κ1) is 14.0. The minimum Gasteiger partial charge on any atom is -0.508 e. The lowest BCUT2D eigenvalue weighted by Gasteiger charge is -2.10. The van der Waals surface area contributed by atoms with Crippen molar-refractivity contribution < 1.29 is 9.90 Å². The fourth-order valence-electron chi connectivity index (χ4n) is 1.62. The molecule has 20 heavy (non-hydrogen) atoms. The van der Waals surface area contributed by atoms with Gasteiger partial charge in [0, 0.05) is 16.8 Å². The van der Waals surface area contributed by atoms with E-state index in [1.807, 2.05) is 13.0 Å². The normalized spacial score (nSPS) is 10.1. The van der Waals surface area contributed by atoms with E-state index in [0.29, 0.717) is 16.4 Å². The van der Waals surface area contributed by atoms with Crippen molar-refractivity contribution in [3.63, 3.8) is 0 Å². The SMILES string of the molecule is Cc1ccc(NC(=O)Nc2ccc(O)cc2N)cc1Cl. The number of urea groups is 1. The number of halogens is 1. The number of nitrogens with two attached hydrogens (primary N) is 1. The monoisotopic (exact) mass is 291 g/mol. The van der Waals surface area contributed by atoms with E-state index in [1.165, 1.54) is 18.2 Å². The number of aromatic hydroxyl groups is 1. The summed E-state index contributed by atoms with van der Waals surface area (Å²) < 4.78 is 0. The van der Waals surface area contributed by atoms with E-state index in [-0.39, 0.29) is 11.4 Å². The Bertz CT molecular complexity index is 659. The van der Waals surface area contributed by atoms with Crippen LogP contribution >= 0.6 is 11.6 Å². The van der Waals surface area contributed by atoms with Crippen LogP contribution in [0.5, 0.6) is 5.75 Å². The molecule has 2 aromatic rings. The predicted molar refractivity (Wildman–Crippen MR) is 81.3 cm³/mol. The zero-order chi connectivity index (χ0) is 14.7. The smallest absolute Gasteiger partial charge is 0.323 e. The quantitative estimate of drug-likeness (QED) is 0.504. The number of phenols is 1. The molecule has 5 N–H and O–H groups in total. The molecule has 6 heteroatoms. The third-order valence-corrected chi connectivity index (χ3v) is 3.12. The highest BCUT2D eigenvalue weighted by molar-refractivity contribution is 6.31. The maximum Gasteiger partial charge on any atom is 0.323 e. The summed E-state index contributed by atoms with van der Waals surface area (Å²) >= 11 is 5.98. The topological polar surface area (TPSA) is 87.4 Å². The number of phenolic OH excluding ortho intramolecular Hbond substituents is 1. The van der Waals surface area contributed by atoms with Crippen LogP contribution in [-0.4, -0.2) is 11.1 Å². The average Bonchev–Trinajstić information content (AvgIpc) is 2.37. The summed E-state index contributed by atoms with van der Waals surface area (Å²) in [7, 11) is 0. The Morgan fingerprint density at radius 2 is 1.95 bits per heavy atom. The lowest BCUT2D eigenvalue weighted by atomic mass is 10.2. The van der Waals surface area contributed by atoms with Gasteiger partial charge in [0.05, 0.1) is 11.4 Å². The second-order valence-corrected chi connectivity index (χ2v) is 4.72. The molecule has 0 saturated heterocycles. The van der Waals surface area contributed by atoms with Crippen molar-refractivity contribution in [2.75, 3.05) is 16.4 Å². The Hall–Kier alpha value is -2.40. The first-order valence-electron chi connectivity index (χ1n) is 5.88. The molecule has 0 heterocycles. The molecule has 2 rings (SSSR count). The summed E-state index contributed by atoms with van der Waals surface area (Å²) in [6, 6.07) is 9.10. The molecule has 0 bridgehead atoms. The molecule has 0 unspecified atom stereocenters. The van der Waals surface area contributed by atoms with E-state index in [2.05, 4.69) is 10.6 Å². The van der Waals surface area contributed by atoms with Gasteiger partial charge in [0.1, 0.15) is 5.75 Å². The molecule has 0 atom stereocenters. The van der Waals surface area contributed by atoms with Crippen molar-refractivity contribution in [3.05, 3.63) is 47.0 Å². The minimum absolute atomic E-state index is 0.0405. The van der Waals surface area contributed by atoms with Gasteiger partial charge in [-0.05, 0) is 36.8 Å². The molecule has 0 fully saturated rings. The third kappa shape index (κ3) is 3.33. The van der Waals surface area contributed by atoms with Crippen molar-refractivity contribution in [1.29, 1.82) is 0 Å². The summed E-state index contributed by atoms with van der Waals surface area (Å²) in [5, 5.41) is 15.1. The molecule has 5 nitrogen and oxygen atoms in total. The van der Waals surface area contributed by atoms with Crippen LogP contribution in [0.15, 0.2) is 36.4 Å². The number of carbonyl (C=O) groups is 1. The van der Waals surface area contributed by atoms with Crippen molar-refractivity contribution in [2.24, 2.45) is 0 Å². The Balaban J connectivity index is 2.07. The zero-order valence-electron chi connectivity index (χ0n) is 10.8. The van der Waals surface area contributed by atoms with E-state index < -0.39 is 6.03 Å². The van der Waals surface area contributed by atoms with Gasteiger partial charge in [0.2, 0.25) is 0 Å². The largest absolute Gasteiger partial charge is 0.508 e. The maximum absolute atomic E-state index is 11.8. The van der Waals surface area contributed by atoms with Crippen LogP contribution in [0.2, 0.25) is 5.02 Å². The average molecular weight is 292 g/mol. The second-order valence-electron chi connectivity index (χ2n) is 4.31. The van der Waals surface area contributed by atoms with Crippen LogP contribution in [0.25, 0.3) is 0 Å². The van der Waals surface area contributed by atoms with Gasteiger partial charge in [-0.2, -0.15) is 0 Å². The van der Waals surface area contributed by atoms with E-state index in [0.717, 1.165) is 5.56 Å². The predicted octanol–water partition coefficient (Wildman–Crippen LogP) is 3.58. The second kappa shape index (κ2) is 5.71. The molecule has 2 amide bonds. The Kier molecular flexibility index (Phi) is 4.00. The Morgan fingerprint density at radius 3 is 2.60 bits per heavy atom. The van der Waals surface area contributed by atoms with Gasteiger partial charge in [-0.25, -0.2) is 4.79 Å². The maximum atomic E-state index is 11.8. The minimum atomic E-state index is -0.442. The first-order chi connectivity index (χ1) is 9.45. The number of hydrogen-bond donors (Lipinski definition) is 4. The van der Waals surface area contributed by atoms with Crippen LogP contribution in [-0.2, 0) is 0 Å². The highest BCUT2D eigenvalue weighted by atomic mass is 35.5. The lowest BCUT2D eigenvalue weighted by Crippen LogP contribution is -2.20. The van der Waals surface area contributed by atoms with Gasteiger partial charge in [-0.3, -0.25) is 0 Å². The molecule has 0 aliphatic heterocycles. The third-order valence-electron chi connectivity index (χ3n) is 2.71. The van der Waals surface area contributed by atoms with Crippen LogP contribution in [0.3, 0.4) is 0 Å². The fourth-order valence-corrected chi connectivity index (χ4v) is 1.80. The molecule has 104 valence electrons. The molecule has 0 saturated carbocycles. The van der Waals surface area contributed by atoms with Crippen molar-refractivity contribution in [3.8, 4) is 5.75 Å². The van der Waals surface area contributed by atoms with E-state index >= 15 is 0 Å². The number of anilines is 3. The van der Waals surface area contributed by atoms with E-state index in [4.69, 9.17) is 17.3 Å². The highest BCUT2D eigenvalue weighted by Gasteiger charge is 2.07. The number of nitrogens with one attached hydrogen (secondary N) is 2.